The van der Waals surface area contributed by atoms with Gasteiger partial charge in [-0.05, 0) is 19.1 Å². The van der Waals surface area contributed by atoms with Crippen molar-refractivity contribution in [3.8, 4) is 0 Å². The fraction of sp³-hybridized carbons (Fsp3) is 0.533. The maximum absolute atomic E-state index is 11.5. The molecule has 1 aliphatic rings. The van der Waals surface area contributed by atoms with Crippen LogP contribution < -0.4 is 10.6 Å². The first-order chi connectivity index (χ1) is 11.8. The van der Waals surface area contributed by atoms with Crippen LogP contribution in [0.4, 0.5) is 5.82 Å². The number of hydrogen-bond acceptors (Lipinski definition) is 8. The van der Waals surface area contributed by atoms with Crippen molar-refractivity contribution < 1.29 is 13.2 Å². The first kappa shape index (κ1) is 17.8. The van der Waals surface area contributed by atoms with Crippen LogP contribution in [0.3, 0.4) is 0 Å². The summed E-state index contributed by atoms with van der Waals surface area (Å²) < 4.78 is 30.4. The molecule has 0 aliphatic carbocycles. The van der Waals surface area contributed by atoms with E-state index in [9.17, 15) is 8.42 Å². The zero-order valence-electron chi connectivity index (χ0n) is 14.3. The topological polar surface area (TPSA) is 116 Å². The van der Waals surface area contributed by atoms with Crippen LogP contribution in [-0.2, 0) is 34.3 Å². The number of nitrogens with two attached hydrogens (primary N) is 1. The van der Waals surface area contributed by atoms with Crippen LogP contribution in [0.15, 0.2) is 23.2 Å². The minimum Gasteiger partial charge on any atom is -0.372 e. The van der Waals surface area contributed by atoms with Crippen molar-refractivity contribution in [3.05, 3.63) is 30.0 Å². The lowest BCUT2D eigenvalue weighted by molar-refractivity contribution is 0.106. The zero-order valence-corrected chi connectivity index (χ0v) is 15.1. The fourth-order valence-electron chi connectivity index (χ4n) is 2.56. The number of aromatic nitrogens is 4. The van der Waals surface area contributed by atoms with Gasteiger partial charge in [-0.3, -0.25) is 0 Å². The van der Waals surface area contributed by atoms with Crippen molar-refractivity contribution in [1.29, 1.82) is 0 Å². The SMILES string of the molecule is C[C@H](N)COCc1nc2n(n1)CCN(c1ccc(S(C)(=O)=O)cn1)C2. The van der Waals surface area contributed by atoms with Gasteiger partial charge in [0.15, 0.2) is 15.7 Å². The highest BCUT2D eigenvalue weighted by Crippen LogP contribution is 2.19. The monoisotopic (exact) mass is 366 g/mol. The predicted octanol–water partition coefficient (Wildman–Crippen LogP) is -0.0394. The van der Waals surface area contributed by atoms with Gasteiger partial charge in [-0.2, -0.15) is 5.10 Å². The third-order valence-electron chi connectivity index (χ3n) is 3.79. The molecule has 1 aliphatic heterocycles. The Morgan fingerprint density at radius 1 is 1.36 bits per heavy atom. The fourth-order valence-corrected chi connectivity index (χ4v) is 3.12. The van der Waals surface area contributed by atoms with Crippen LogP contribution in [0.2, 0.25) is 0 Å². The second-order valence-corrected chi connectivity index (χ2v) is 8.22. The maximum Gasteiger partial charge on any atom is 0.177 e. The number of sulfone groups is 1. The van der Waals surface area contributed by atoms with E-state index in [-0.39, 0.29) is 10.9 Å². The lowest BCUT2D eigenvalue weighted by Crippen LogP contribution is -2.34. The number of hydrogen-bond donors (Lipinski definition) is 1. The minimum atomic E-state index is -3.24. The molecule has 0 fully saturated rings. The summed E-state index contributed by atoms with van der Waals surface area (Å²) in [4.78, 5) is 11.0. The van der Waals surface area contributed by atoms with Gasteiger partial charge in [0.1, 0.15) is 18.2 Å². The summed E-state index contributed by atoms with van der Waals surface area (Å²) in [6, 6.07) is 3.27. The summed E-state index contributed by atoms with van der Waals surface area (Å²) in [5.74, 6) is 2.19. The molecular formula is C15H22N6O3S. The summed E-state index contributed by atoms with van der Waals surface area (Å²) in [5, 5.41) is 4.44. The van der Waals surface area contributed by atoms with Crippen molar-refractivity contribution in [2.45, 2.75) is 37.6 Å². The van der Waals surface area contributed by atoms with E-state index >= 15 is 0 Å². The Bertz CT molecular complexity index is 831. The Morgan fingerprint density at radius 3 is 2.80 bits per heavy atom. The normalized spacial score (nSPS) is 15.9. The molecule has 0 saturated carbocycles. The van der Waals surface area contributed by atoms with E-state index in [4.69, 9.17) is 10.5 Å². The van der Waals surface area contributed by atoms with Crippen molar-refractivity contribution in [2.75, 3.05) is 24.3 Å². The van der Waals surface area contributed by atoms with Gasteiger partial charge in [-0.1, -0.05) is 0 Å². The van der Waals surface area contributed by atoms with Crippen LogP contribution >= 0.6 is 0 Å². The second kappa shape index (κ2) is 7.06. The molecule has 136 valence electrons. The Morgan fingerprint density at radius 2 is 2.16 bits per heavy atom. The third kappa shape index (κ3) is 4.33. The molecule has 2 aromatic heterocycles. The van der Waals surface area contributed by atoms with E-state index in [2.05, 4.69) is 15.1 Å². The Labute approximate surface area is 146 Å². The van der Waals surface area contributed by atoms with E-state index in [1.807, 2.05) is 16.5 Å². The largest absolute Gasteiger partial charge is 0.372 e. The van der Waals surface area contributed by atoms with Crippen LogP contribution in [-0.4, -0.2) is 53.6 Å². The maximum atomic E-state index is 11.5. The number of rotatable bonds is 6. The van der Waals surface area contributed by atoms with Crippen LogP contribution in [0, 0.1) is 0 Å². The average molecular weight is 366 g/mol. The number of nitrogens with zero attached hydrogens (tertiary/aromatic N) is 5. The standard InChI is InChI=1S/C15H22N6O3S/c1-11(16)9-24-10-13-18-15-8-20(5-6-21(15)19-13)14-4-3-12(7-17-14)25(2,22)23/h3-4,7,11H,5-6,8-10,16H2,1-2H3/t11-/m0/s1. The van der Waals surface area contributed by atoms with Crippen LogP contribution in [0.5, 0.6) is 0 Å². The Balaban J connectivity index is 1.67. The molecule has 2 N–H and O–H groups in total. The van der Waals surface area contributed by atoms with E-state index in [1.165, 1.54) is 12.5 Å². The molecule has 25 heavy (non-hydrogen) atoms. The smallest absolute Gasteiger partial charge is 0.177 e. The Hall–Kier alpha value is -2.04. The molecule has 0 radical (unpaired) electrons. The van der Waals surface area contributed by atoms with Crippen LogP contribution in [0.25, 0.3) is 0 Å². The van der Waals surface area contributed by atoms with Crippen molar-refractivity contribution in [2.24, 2.45) is 5.73 Å². The number of pyridine rings is 1. The first-order valence-corrected chi connectivity index (χ1v) is 9.89. The predicted molar refractivity (Wildman–Crippen MR) is 91.7 cm³/mol. The van der Waals surface area contributed by atoms with Gasteiger partial charge in [-0.25, -0.2) is 23.1 Å². The van der Waals surface area contributed by atoms with E-state index in [1.54, 1.807) is 12.1 Å². The molecule has 2 aromatic rings. The molecule has 0 saturated heterocycles. The van der Waals surface area contributed by atoms with Gasteiger partial charge in [0.25, 0.3) is 0 Å². The van der Waals surface area contributed by atoms with Crippen molar-refractivity contribution >= 4 is 15.7 Å². The first-order valence-electron chi connectivity index (χ1n) is 8.00. The summed E-state index contributed by atoms with van der Waals surface area (Å²) in [5.41, 5.74) is 5.65. The van der Waals surface area contributed by atoms with Gasteiger partial charge in [0.05, 0.1) is 24.6 Å². The molecule has 0 amide bonds. The summed E-state index contributed by atoms with van der Waals surface area (Å²) >= 11 is 0. The molecule has 0 bridgehead atoms. The highest BCUT2D eigenvalue weighted by Gasteiger charge is 2.21. The molecule has 3 rings (SSSR count). The van der Waals surface area contributed by atoms with Crippen molar-refractivity contribution in [1.82, 2.24) is 19.7 Å². The van der Waals surface area contributed by atoms with Crippen LogP contribution in [0.1, 0.15) is 18.6 Å². The van der Waals surface area contributed by atoms with Gasteiger partial charge in [0.2, 0.25) is 0 Å². The zero-order chi connectivity index (χ0) is 18.0. The minimum absolute atomic E-state index is 0.0197. The van der Waals surface area contributed by atoms with E-state index in [0.29, 0.717) is 32.1 Å². The molecule has 0 unspecified atom stereocenters. The lowest BCUT2D eigenvalue weighted by atomic mass is 10.3. The van der Waals surface area contributed by atoms with Gasteiger partial charge in [0, 0.05) is 25.0 Å². The summed E-state index contributed by atoms with van der Waals surface area (Å²) in [6.45, 7) is 4.65. The molecule has 9 nitrogen and oxygen atoms in total. The Kier molecular flexibility index (Phi) is 5.02. The molecular weight excluding hydrogens is 344 g/mol. The number of ether oxygens (including phenoxy) is 1. The quantitative estimate of drug-likeness (QED) is 0.757. The second-order valence-electron chi connectivity index (χ2n) is 6.21. The number of fused-ring (bicyclic) bond motifs is 1. The summed E-state index contributed by atoms with van der Waals surface area (Å²) in [7, 11) is -3.24. The average Bonchev–Trinajstić information content (AvgIpc) is 2.95. The molecule has 3 heterocycles. The van der Waals surface area contributed by atoms with Crippen molar-refractivity contribution in [3.63, 3.8) is 0 Å². The molecule has 0 aromatic carbocycles. The molecule has 10 heteroatoms. The van der Waals surface area contributed by atoms with Gasteiger partial charge >= 0.3 is 0 Å². The van der Waals surface area contributed by atoms with Gasteiger partial charge < -0.3 is 15.4 Å². The van der Waals surface area contributed by atoms with E-state index < -0.39 is 9.84 Å². The molecule has 0 spiro atoms. The molecule has 1 atom stereocenters. The highest BCUT2D eigenvalue weighted by atomic mass is 32.2. The van der Waals surface area contributed by atoms with E-state index in [0.717, 1.165) is 18.2 Å². The highest BCUT2D eigenvalue weighted by molar-refractivity contribution is 7.90. The third-order valence-corrected chi connectivity index (χ3v) is 4.89. The number of anilines is 1. The lowest BCUT2D eigenvalue weighted by Gasteiger charge is -2.27. The summed E-state index contributed by atoms with van der Waals surface area (Å²) in [6.07, 6.45) is 2.55. The van der Waals surface area contributed by atoms with Gasteiger partial charge in [-0.15, -0.1) is 0 Å².